The van der Waals surface area contributed by atoms with Crippen LogP contribution in [0.3, 0.4) is 0 Å². The number of ether oxygens (including phenoxy) is 1. The van der Waals surface area contributed by atoms with Crippen molar-refractivity contribution in [3.63, 3.8) is 0 Å². The van der Waals surface area contributed by atoms with Crippen molar-refractivity contribution in [2.75, 3.05) is 45.8 Å². The molecule has 0 atom stereocenters. The summed E-state index contributed by atoms with van der Waals surface area (Å²) in [5.41, 5.74) is 4.42. The summed E-state index contributed by atoms with van der Waals surface area (Å²) in [5.74, 6) is 0.877. The third kappa shape index (κ3) is 2.80. The van der Waals surface area contributed by atoms with Gasteiger partial charge >= 0.3 is 0 Å². The smallest absolute Gasteiger partial charge is 0.198 e. The molecule has 1 aromatic heterocycles. The van der Waals surface area contributed by atoms with Crippen LogP contribution in [-0.4, -0.2) is 55.2 Å². The Kier molecular flexibility index (Phi) is 3.54. The number of fused-ring (bicyclic) bond motifs is 1. The monoisotopic (exact) mass is 278 g/mol. The van der Waals surface area contributed by atoms with E-state index in [2.05, 4.69) is 27.4 Å². The Morgan fingerprint density at radius 2 is 2.05 bits per heavy atom. The van der Waals surface area contributed by atoms with E-state index in [1.165, 1.54) is 0 Å². The number of hydrogen-bond donors (Lipinski definition) is 1. The number of aromatic nitrogens is 1. The molecule has 1 saturated heterocycles. The van der Waals surface area contributed by atoms with Gasteiger partial charge in [-0.3, -0.25) is 5.43 Å². The van der Waals surface area contributed by atoms with Crippen molar-refractivity contribution in [3.8, 4) is 5.75 Å². The molecule has 0 unspecified atom stereocenters. The zero-order valence-corrected chi connectivity index (χ0v) is 12.0. The van der Waals surface area contributed by atoms with Gasteiger partial charge in [0, 0.05) is 26.2 Å². The second kappa shape index (κ2) is 5.32. The number of methoxy groups -OCH3 is 1. The van der Waals surface area contributed by atoms with Gasteiger partial charge < -0.3 is 9.64 Å². The summed E-state index contributed by atoms with van der Waals surface area (Å²) in [4.78, 5) is 6.93. The maximum Gasteiger partial charge on any atom is 0.198 e. The fourth-order valence-corrected chi connectivity index (χ4v) is 3.05. The molecule has 102 valence electrons. The second-order valence-corrected chi connectivity index (χ2v) is 5.79. The van der Waals surface area contributed by atoms with Gasteiger partial charge in [0.2, 0.25) is 0 Å². The Bertz CT molecular complexity index is 563. The van der Waals surface area contributed by atoms with E-state index in [1.54, 1.807) is 18.4 Å². The van der Waals surface area contributed by atoms with Crippen molar-refractivity contribution < 1.29 is 4.74 Å². The van der Waals surface area contributed by atoms with E-state index >= 15 is 0 Å². The van der Waals surface area contributed by atoms with E-state index in [4.69, 9.17) is 4.74 Å². The first kappa shape index (κ1) is 12.7. The Balaban J connectivity index is 1.74. The highest BCUT2D eigenvalue weighted by atomic mass is 32.1. The largest absolute Gasteiger partial charge is 0.497 e. The molecule has 0 radical (unpaired) electrons. The Morgan fingerprint density at radius 3 is 2.79 bits per heavy atom. The molecule has 0 amide bonds. The van der Waals surface area contributed by atoms with Gasteiger partial charge in [0.25, 0.3) is 0 Å². The Morgan fingerprint density at radius 1 is 1.26 bits per heavy atom. The highest BCUT2D eigenvalue weighted by Gasteiger charge is 2.15. The number of nitrogens with zero attached hydrogens (tertiary/aromatic N) is 3. The predicted molar refractivity (Wildman–Crippen MR) is 78.9 cm³/mol. The number of anilines is 1. The third-order valence-corrected chi connectivity index (χ3v) is 4.28. The van der Waals surface area contributed by atoms with Crippen LogP contribution in [0.2, 0.25) is 0 Å². The molecule has 0 saturated carbocycles. The third-order valence-electron chi connectivity index (χ3n) is 3.35. The minimum atomic E-state index is 0.877. The number of rotatable bonds is 3. The summed E-state index contributed by atoms with van der Waals surface area (Å²) in [7, 11) is 3.84. The molecule has 5 nitrogen and oxygen atoms in total. The van der Waals surface area contributed by atoms with E-state index in [-0.39, 0.29) is 0 Å². The molecular formula is C13H18N4OS. The van der Waals surface area contributed by atoms with Gasteiger partial charge in [0.05, 0.1) is 17.3 Å². The van der Waals surface area contributed by atoms with Crippen molar-refractivity contribution in [2.24, 2.45) is 0 Å². The summed E-state index contributed by atoms with van der Waals surface area (Å²) < 4.78 is 6.38. The molecular weight excluding hydrogens is 260 g/mol. The van der Waals surface area contributed by atoms with Crippen LogP contribution in [0.4, 0.5) is 5.13 Å². The normalized spacial score (nSPS) is 17.8. The molecule has 1 aliphatic rings. The van der Waals surface area contributed by atoms with Gasteiger partial charge in [-0.15, -0.1) is 0 Å². The quantitative estimate of drug-likeness (QED) is 0.928. The number of likely N-dealkylation sites (N-methyl/N-ethyl adjacent to an activating group) is 1. The van der Waals surface area contributed by atoms with Gasteiger partial charge in [-0.05, 0) is 25.2 Å². The maximum absolute atomic E-state index is 5.24. The zero-order valence-electron chi connectivity index (χ0n) is 11.2. The van der Waals surface area contributed by atoms with Crippen molar-refractivity contribution >= 4 is 26.7 Å². The highest BCUT2D eigenvalue weighted by molar-refractivity contribution is 7.22. The molecule has 0 spiro atoms. The zero-order chi connectivity index (χ0) is 13.2. The van der Waals surface area contributed by atoms with Crippen LogP contribution in [0.1, 0.15) is 0 Å². The van der Waals surface area contributed by atoms with Crippen LogP contribution in [0, 0.1) is 0 Å². The lowest BCUT2D eigenvalue weighted by atomic mass is 10.3. The average molecular weight is 278 g/mol. The molecule has 2 heterocycles. The SMILES string of the molecule is COc1ccc2nc(NN3CCN(C)CC3)sc2c1. The minimum Gasteiger partial charge on any atom is -0.497 e. The van der Waals surface area contributed by atoms with Crippen LogP contribution >= 0.6 is 11.3 Å². The molecule has 6 heteroatoms. The summed E-state index contributed by atoms with van der Waals surface area (Å²) in [6, 6.07) is 5.98. The number of nitrogens with one attached hydrogen (secondary N) is 1. The lowest BCUT2D eigenvalue weighted by Gasteiger charge is -2.32. The molecule has 2 aromatic rings. The Hall–Kier alpha value is -1.37. The van der Waals surface area contributed by atoms with E-state index in [0.29, 0.717) is 0 Å². The predicted octanol–water partition coefficient (Wildman–Crippen LogP) is 1.88. The second-order valence-electron chi connectivity index (χ2n) is 4.75. The van der Waals surface area contributed by atoms with E-state index in [1.807, 2.05) is 18.2 Å². The van der Waals surface area contributed by atoms with Gasteiger partial charge in [-0.2, -0.15) is 0 Å². The molecule has 0 bridgehead atoms. The molecule has 0 aliphatic carbocycles. The van der Waals surface area contributed by atoms with Crippen LogP contribution < -0.4 is 10.2 Å². The molecule has 1 aromatic carbocycles. The first-order valence-electron chi connectivity index (χ1n) is 6.39. The van der Waals surface area contributed by atoms with Crippen molar-refractivity contribution in [1.82, 2.24) is 14.9 Å². The van der Waals surface area contributed by atoms with Crippen molar-refractivity contribution in [1.29, 1.82) is 0 Å². The van der Waals surface area contributed by atoms with Crippen LogP contribution in [-0.2, 0) is 0 Å². The fourth-order valence-electron chi connectivity index (χ4n) is 2.13. The molecule has 1 N–H and O–H groups in total. The standard InChI is InChI=1S/C13H18N4OS/c1-16-5-7-17(8-6-16)15-13-14-11-4-3-10(18-2)9-12(11)19-13/h3-4,9H,5-8H2,1-2H3,(H,14,15). The molecule has 3 rings (SSSR count). The van der Waals surface area contributed by atoms with Gasteiger partial charge in [0.1, 0.15) is 5.75 Å². The number of thiazole rings is 1. The number of hydrazine groups is 1. The minimum absolute atomic E-state index is 0.877. The van der Waals surface area contributed by atoms with E-state index in [9.17, 15) is 0 Å². The lowest BCUT2D eigenvalue weighted by molar-refractivity contribution is 0.179. The fraction of sp³-hybridized carbons (Fsp3) is 0.462. The van der Waals surface area contributed by atoms with Crippen molar-refractivity contribution in [2.45, 2.75) is 0 Å². The summed E-state index contributed by atoms with van der Waals surface area (Å²) >= 11 is 1.66. The first-order chi connectivity index (χ1) is 9.24. The lowest BCUT2D eigenvalue weighted by Crippen LogP contribution is -2.46. The van der Waals surface area contributed by atoms with Crippen LogP contribution in [0.15, 0.2) is 18.2 Å². The first-order valence-corrected chi connectivity index (χ1v) is 7.21. The maximum atomic E-state index is 5.24. The summed E-state index contributed by atoms with van der Waals surface area (Å²) in [5, 5.41) is 3.18. The van der Waals surface area contributed by atoms with Crippen LogP contribution in [0.5, 0.6) is 5.75 Å². The molecule has 19 heavy (non-hydrogen) atoms. The number of piperazine rings is 1. The topological polar surface area (TPSA) is 40.6 Å². The summed E-state index contributed by atoms with van der Waals surface area (Å²) in [6.07, 6.45) is 0. The van der Waals surface area contributed by atoms with Gasteiger partial charge in [-0.1, -0.05) is 11.3 Å². The average Bonchev–Trinajstić information content (AvgIpc) is 2.82. The van der Waals surface area contributed by atoms with Gasteiger partial charge in [0.15, 0.2) is 5.13 Å². The molecule has 1 fully saturated rings. The van der Waals surface area contributed by atoms with Crippen molar-refractivity contribution in [3.05, 3.63) is 18.2 Å². The number of benzene rings is 1. The molecule has 1 aliphatic heterocycles. The van der Waals surface area contributed by atoms with Gasteiger partial charge in [-0.25, -0.2) is 9.99 Å². The van der Waals surface area contributed by atoms with E-state index in [0.717, 1.165) is 47.3 Å². The van der Waals surface area contributed by atoms with Crippen LogP contribution in [0.25, 0.3) is 10.2 Å². The Labute approximate surface area is 116 Å². The summed E-state index contributed by atoms with van der Waals surface area (Å²) in [6.45, 7) is 4.23. The van der Waals surface area contributed by atoms with E-state index < -0.39 is 0 Å². The highest BCUT2D eigenvalue weighted by Crippen LogP contribution is 2.29. The number of hydrogen-bond acceptors (Lipinski definition) is 6.